The predicted molar refractivity (Wildman–Crippen MR) is 68.0 cm³/mol. The highest BCUT2D eigenvalue weighted by Gasteiger charge is 2.22. The van der Waals surface area contributed by atoms with Crippen molar-refractivity contribution >= 4 is 34.4 Å². The standard InChI is InChI=1S/C10H15IN2O3/c11-5-1-2-8(14)12-6-7-13-9(15)3-4-10(13)16/h3-4,9,15H,1-2,5-7H2,(H,12,14). The molecule has 0 bridgehead atoms. The Hall–Kier alpha value is -0.630. The molecule has 5 nitrogen and oxygen atoms in total. The van der Waals surface area contributed by atoms with Gasteiger partial charge < -0.3 is 15.3 Å². The van der Waals surface area contributed by atoms with E-state index in [4.69, 9.17) is 0 Å². The van der Waals surface area contributed by atoms with E-state index in [2.05, 4.69) is 27.9 Å². The van der Waals surface area contributed by atoms with Crippen LogP contribution in [0, 0.1) is 0 Å². The molecule has 0 saturated heterocycles. The SMILES string of the molecule is O=C(CCCI)NCCN1C(=O)C=CC1O. The zero-order valence-electron chi connectivity index (χ0n) is 8.86. The number of aliphatic hydroxyl groups excluding tert-OH is 1. The second-order valence-corrected chi connectivity index (χ2v) is 4.53. The van der Waals surface area contributed by atoms with E-state index >= 15 is 0 Å². The number of carbonyl (C=O) groups excluding carboxylic acids is 2. The number of alkyl halides is 1. The third-order valence-corrected chi connectivity index (χ3v) is 2.99. The van der Waals surface area contributed by atoms with Crippen molar-refractivity contribution in [2.75, 3.05) is 17.5 Å². The molecule has 2 amide bonds. The summed E-state index contributed by atoms with van der Waals surface area (Å²) in [6.07, 6.45) is 3.29. The smallest absolute Gasteiger partial charge is 0.248 e. The zero-order valence-corrected chi connectivity index (χ0v) is 11.0. The van der Waals surface area contributed by atoms with Crippen molar-refractivity contribution < 1.29 is 14.7 Å². The first kappa shape index (κ1) is 13.4. The van der Waals surface area contributed by atoms with Gasteiger partial charge in [0.2, 0.25) is 11.8 Å². The lowest BCUT2D eigenvalue weighted by atomic mass is 10.3. The van der Waals surface area contributed by atoms with Gasteiger partial charge in [-0.3, -0.25) is 9.59 Å². The molecule has 16 heavy (non-hydrogen) atoms. The van der Waals surface area contributed by atoms with Gasteiger partial charge in [0, 0.05) is 30.0 Å². The van der Waals surface area contributed by atoms with E-state index in [-0.39, 0.29) is 11.8 Å². The summed E-state index contributed by atoms with van der Waals surface area (Å²) >= 11 is 2.22. The molecule has 0 aromatic carbocycles. The maximum Gasteiger partial charge on any atom is 0.248 e. The largest absolute Gasteiger partial charge is 0.370 e. The van der Waals surface area contributed by atoms with E-state index in [0.717, 1.165) is 10.8 Å². The summed E-state index contributed by atoms with van der Waals surface area (Å²) in [7, 11) is 0. The van der Waals surface area contributed by atoms with Crippen molar-refractivity contribution in [3.8, 4) is 0 Å². The monoisotopic (exact) mass is 338 g/mol. The Labute approximate surface area is 108 Å². The van der Waals surface area contributed by atoms with Crippen LogP contribution in [0.3, 0.4) is 0 Å². The number of nitrogens with one attached hydrogen (secondary N) is 1. The number of nitrogens with zero attached hydrogens (tertiary/aromatic N) is 1. The normalized spacial score (nSPS) is 19.2. The minimum atomic E-state index is -0.848. The summed E-state index contributed by atoms with van der Waals surface area (Å²) in [4.78, 5) is 23.7. The number of hydrogen-bond acceptors (Lipinski definition) is 3. The molecule has 0 radical (unpaired) electrons. The molecular weight excluding hydrogens is 323 g/mol. The Balaban J connectivity index is 2.16. The van der Waals surface area contributed by atoms with E-state index in [9.17, 15) is 14.7 Å². The van der Waals surface area contributed by atoms with Gasteiger partial charge in [-0.05, 0) is 12.5 Å². The molecule has 6 heteroatoms. The summed E-state index contributed by atoms with van der Waals surface area (Å²) < 4.78 is 0.957. The van der Waals surface area contributed by atoms with Crippen LogP contribution in [0.2, 0.25) is 0 Å². The van der Waals surface area contributed by atoms with E-state index < -0.39 is 6.23 Å². The van der Waals surface area contributed by atoms with Crippen molar-refractivity contribution in [3.63, 3.8) is 0 Å². The van der Waals surface area contributed by atoms with Crippen LogP contribution in [0.4, 0.5) is 0 Å². The third kappa shape index (κ3) is 4.09. The minimum absolute atomic E-state index is 0.00855. The molecule has 1 atom stereocenters. The van der Waals surface area contributed by atoms with Gasteiger partial charge in [-0.15, -0.1) is 0 Å². The molecule has 90 valence electrons. The fourth-order valence-electron chi connectivity index (χ4n) is 1.37. The highest BCUT2D eigenvalue weighted by Crippen LogP contribution is 2.06. The van der Waals surface area contributed by atoms with E-state index in [0.29, 0.717) is 19.5 Å². The van der Waals surface area contributed by atoms with Crippen LogP contribution in [-0.4, -0.2) is 45.6 Å². The van der Waals surface area contributed by atoms with Crippen molar-refractivity contribution in [3.05, 3.63) is 12.2 Å². The Morgan fingerprint density at radius 2 is 2.38 bits per heavy atom. The second-order valence-electron chi connectivity index (χ2n) is 3.45. The summed E-state index contributed by atoms with van der Waals surface area (Å²) in [6.45, 7) is 0.716. The highest BCUT2D eigenvalue weighted by molar-refractivity contribution is 14.1. The van der Waals surface area contributed by atoms with E-state index in [1.807, 2.05) is 0 Å². The molecule has 0 aromatic rings. The van der Waals surface area contributed by atoms with Crippen molar-refractivity contribution in [2.24, 2.45) is 0 Å². The third-order valence-electron chi connectivity index (χ3n) is 2.23. The average molecular weight is 338 g/mol. The number of amides is 2. The van der Waals surface area contributed by atoms with Crippen molar-refractivity contribution in [2.45, 2.75) is 19.1 Å². The number of hydrogen-bond donors (Lipinski definition) is 2. The summed E-state index contributed by atoms with van der Waals surface area (Å²) in [5.41, 5.74) is 0. The van der Waals surface area contributed by atoms with Crippen LogP contribution in [0.15, 0.2) is 12.2 Å². The molecule has 0 aliphatic carbocycles. The molecule has 2 N–H and O–H groups in total. The summed E-state index contributed by atoms with van der Waals surface area (Å²) in [5, 5.41) is 12.1. The van der Waals surface area contributed by atoms with Crippen LogP contribution >= 0.6 is 22.6 Å². The van der Waals surface area contributed by atoms with Gasteiger partial charge >= 0.3 is 0 Å². The Morgan fingerprint density at radius 1 is 1.62 bits per heavy atom. The molecule has 1 unspecified atom stereocenters. The van der Waals surface area contributed by atoms with Gasteiger partial charge in [-0.2, -0.15) is 0 Å². The topological polar surface area (TPSA) is 69.6 Å². The average Bonchev–Trinajstić information content (AvgIpc) is 2.57. The van der Waals surface area contributed by atoms with Crippen LogP contribution < -0.4 is 5.32 Å². The lowest BCUT2D eigenvalue weighted by Gasteiger charge is -2.20. The minimum Gasteiger partial charge on any atom is -0.370 e. The molecule has 1 aliphatic heterocycles. The van der Waals surface area contributed by atoms with Crippen molar-refractivity contribution in [1.82, 2.24) is 10.2 Å². The van der Waals surface area contributed by atoms with Crippen molar-refractivity contribution in [1.29, 1.82) is 0 Å². The summed E-state index contributed by atoms with van der Waals surface area (Å²) in [6, 6.07) is 0. The van der Waals surface area contributed by atoms with Gasteiger partial charge in [0.15, 0.2) is 0 Å². The number of halogens is 1. The number of aliphatic hydroxyl groups is 1. The van der Waals surface area contributed by atoms with E-state index in [1.165, 1.54) is 17.1 Å². The lowest BCUT2D eigenvalue weighted by Crippen LogP contribution is -2.40. The molecule has 0 spiro atoms. The van der Waals surface area contributed by atoms with E-state index in [1.54, 1.807) is 0 Å². The van der Waals surface area contributed by atoms with Gasteiger partial charge in [-0.25, -0.2) is 0 Å². The van der Waals surface area contributed by atoms with Crippen LogP contribution in [0.5, 0.6) is 0 Å². The maximum absolute atomic E-state index is 11.2. The maximum atomic E-state index is 11.2. The molecular formula is C10H15IN2O3. The lowest BCUT2D eigenvalue weighted by molar-refractivity contribution is -0.131. The first-order valence-electron chi connectivity index (χ1n) is 5.14. The van der Waals surface area contributed by atoms with Gasteiger partial charge in [0.05, 0.1) is 0 Å². The second kappa shape index (κ2) is 6.85. The molecule has 0 fully saturated rings. The van der Waals surface area contributed by atoms with Gasteiger partial charge in [-0.1, -0.05) is 22.6 Å². The molecule has 0 saturated carbocycles. The fourth-order valence-corrected chi connectivity index (χ4v) is 1.75. The molecule has 1 heterocycles. The quantitative estimate of drug-likeness (QED) is 0.531. The van der Waals surface area contributed by atoms with Crippen LogP contribution in [0.25, 0.3) is 0 Å². The Kier molecular flexibility index (Phi) is 5.75. The predicted octanol–water partition coefficient (Wildman–Crippen LogP) is 0.0346. The zero-order chi connectivity index (χ0) is 12.0. The number of carbonyl (C=O) groups is 2. The fraction of sp³-hybridized carbons (Fsp3) is 0.600. The number of rotatable bonds is 6. The molecule has 0 aromatic heterocycles. The van der Waals surface area contributed by atoms with Gasteiger partial charge in [0.25, 0.3) is 0 Å². The summed E-state index contributed by atoms with van der Waals surface area (Å²) in [5.74, 6) is -0.222. The van der Waals surface area contributed by atoms with Crippen LogP contribution in [-0.2, 0) is 9.59 Å². The molecule has 1 rings (SSSR count). The first-order chi connectivity index (χ1) is 7.65. The van der Waals surface area contributed by atoms with Crippen LogP contribution in [0.1, 0.15) is 12.8 Å². The molecule has 1 aliphatic rings. The van der Waals surface area contributed by atoms with Gasteiger partial charge in [0.1, 0.15) is 6.23 Å². The Morgan fingerprint density at radius 3 is 2.94 bits per heavy atom. The first-order valence-corrected chi connectivity index (χ1v) is 6.67. The highest BCUT2D eigenvalue weighted by atomic mass is 127. The Bertz CT molecular complexity index is 294.